The lowest BCUT2D eigenvalue weighted by molar-refractivity contribution is -0.386. The van der Waals surface area contributed by atoms with Gasteiger partial charge in [-0.15, -0.1) is 0 Å². The normalized spacial score (nSPS) is 11.3. The fourth-order valence-corrected chi connectivity index (χ4v) is 5.61. The Kier molecular flexibility index (Phi) is 8.01. The highest BCUT2D eigenvalue weighted by Gasteiger charge is 2.21. The summed E-state index contributed by atoms with van der Waals surface area (Å²) >= 11 is 10.3. The molecule has 0 aliphatic rings. The molecule has 0 unspecified atom stereocenters. The van der Waals surface area contributed by atoms with Crippen LogP contribution in [0.5, 0.6) is 5.75 Å². The van der Waals surface area contributed by atoms with Gasteiger partial charge in [0.2, 0.25) is 5.75 Å². The number of para-hydroxylation sites is 1. The van der Waals surface area contributed by atoms with Gasteiger partial charge in [0.05, 0.1) is 26.5 Å². The van der Waals surface area contributed by atoms with E-state index < -0.39 is 4.92 Å². The van der Waals surface area contributed by atoms with Crippen LogP contribution in [-0.2, 0) is 6.61 Å². The number of nitrogens with zero attached hydrogens (tertiary/aromatic N) is 4. The van der Waals surface area contributed by atoms with Gasteiger partial charge in [-0.2, -0.15) is 9.78 Å². The van der Waals surface area contributed by atoms with E-state index in [1.165, 1.54) is 17.0 Å². The third-order valence-electron chi connectivity index (χ3n) is 5.74. The van der Waals surface area contributed by atoms with E-state index in [-0.39, 0.29) is 23.6 Å². The standard InChI is InChI=1S/C28H17Br3N4O4/c29-20-11-10-19(22(30)14-20)16-39-26-23(31)12-17(13-25(26)35(37)38)15-32-34-27(18-6-2-1-3-7-18)33-24-9-5-4-8-21(24)28(34)36/h1-15H,16H2. The molecule has 0 fully saturated rings. The van der Waals surface area contributed by atoms with Crippen molar-refractivity contribution in [1.82, 2.24) is 9.66 Å². The van der Waals surface area contributed by atoms with Crippen LogP contribution in [0.2, 0.25) is 0 Å². The van der Waals surface area contributed by atoms with Crippen molar-refractivity contribution in [2.45, 2.75) is 6.61 Å². The Labute approximate surface area is 247 Å². The molecule has 194 valence electrons. The molecular weight excluding hydrogens is 696 g/mol. The molecule has 0 bridgehead atoms. The molecule has 5 aromatic rings. The van der Waals surface area contributed by atoms with Crippen molar-refractivity contribution in [3.8, 4) is 17.1 Å². The van der Waals surface area contributed by atoms with Crippen molar-refractivity contribution >= 4 is 70.6 Å². The van der Waals surface area contributed by atoms with E-state index in [9.17, 15) is 14.9 Å². The van der Waals surface area contributed by atoms with Gasteiger partial charge >= 0.3 is 5.69 Å². The summed E-state index contributed by atoms with van der Waals surface area (Å²) in [6, 6.07) is 24.8. The second kappa shape index (κ2) is 11.6. The van der Waals surface area contributed by atoms with Gasteiger partial charge in [-0.1, -0.05) is 80.4 Å². The van der Waals surface area contributed by atoms with Crippen molar-refractivity contribution in [3.05, 3.63) is 130 Å². The highest BCUT2D eigenvalue weighted by molar-refractivity contribution is 9.11. The molecule has 0 saturated carbocycles. The summed E-state index contributed by atoms with van der Waals surface area (Å²) in [7, 11) is 0. The first kappa shape index (κ1) is 26.9. The molecule has 11 heteroatoms. The van der Waals surface area contributed by atoms with E-state index in [0.717, 1.165) is 14.5 Å². The van der Waals surface area contributed by atoms with Gasteiger partial charge in [0, 0.05) is 31.7 Å². The minimum Gasteiger partial charge on any atom is -0.481 e. The number of rotatable bonds is 7. The monoisotopic (exact) mass is 710 g/mol. The Balaban J connectivity index is 1.54. The third kappa shape index (κ3) is 5.85. The Morgan fingerprint density at radius 2 is 1.69 bits per heavy atom. The number of halogens is 3. The molecule has 0 aliphatic heterocycles. The van der Waals surface area contributed by atoms with Gasteiger partial charge in [0.1, 0.15) is 6.61 Å². The molecule has 8 nitrogen and oxygen atoms in total. The molecule has 1 aromatic heterocycles. The average Bonchev–Trinajstić information content (AvgIpc) is 2.93. The lowest BCUT2D eigenvalue weighted by Gasteiger charge is -2.11. The smallest absolute Gasteiger partial charge is 0.312 e. The Morgan fingerprint density at radius 1 is 0.949 bits per heavy atom. The lowest BCUT2D eigenvalue weighted by atomic mass is 10.2. The van der Waals surface area contributed by atoms with Crippen molar-refractivity contribution in [3.63, 3.8) is 0 Å². The molecule has 5 rings (SSSR count). The summed E-state index contributed by atoms with van der Waals surface area (Å²) in [5, 5.41) is 16.8. The van der Waals surface area contributed by atoms with Crippen LogP contribution in [0.4, 0.5) is 5.69 Å². The average molecular weight is 713 g/mol. The molecule has 0 radical (unpaired) electrons. The fraction of sp³-hybridized carbons (Fsp3) is 0.0357. The van der Waals surface area contributed by atoms with Gasteiger partial charge in [-0.25, -0.2) is 4.98 Å². The van der Waals surface area contributed by atoms with Crippen LogP contribution in [0.15, 0.2) is 108 Å². The number of nitro benzene ring substituents is 1. The maximum absolute atomic E-state index is 13.4. The summed E-state index contributed by atoms with van der Waals surface area (Å²) in [5.74, 6) is 0.436. The van der Waals surface area contributed by atoms with Crippen LogP contribution in [0.3, 0.4) is 0 Å². The fourth-order valence-electron chi connectivity index (χ4n) is 3.87. The second-order valence-corrected chi connectivity index (χ2v) is 10.9. The lowest BCUT2D eigenvalue weighted by Crippen LogP contribution is -2.20. The van der Waals surface area contributed by atoms with Crippen molar-refractivity contribution < 1.29 is 9.66 Å². The summed E-state index contributed by atoms with van der Waals surface area (Å²) < 4.78 is 9.13. The molecule has 0 spiro atoms. The first-order chi connectivity index (χ1) is 18.8. The second-order valence-electron chi connectivity index (χ2n) is 8.31. The zero-order valence-corrected chi connectivity index (χ0v) is 24.7. The minimum absolute atomic E-state index is 0.0847. The largest absolute Gasteiger partial charge is 0.481 e. The molecule has 0 aliphatic carbocycles. The van der Waals surface area contributed by atoms with Crippen LogP contribution in [0.1, 0.15) is 11.1 Å². The SMILES string of the molecule is O=c1c2ccccc2nc(-c2ccccc2)n1N=Cc1cc(Br)c(OCc2ccc(Br)cc2Br)c([N+](=O)[O-])c1. The molecule has 1 heterocycles. The molecule has 0 N–H and O–H groups in total. The molecule has 4 aromatic carbocycles. The summed E-state index contributed by atoms with van der Waals surface area (Å²) in [5.41, 5.74) is 1.86. The maximum Gasteiger partial charge on any atom is 0.312 e. The van der Waals surface area contributed by atoms with E-state index in [1.807, 2.05) is 54.6 Å². The topological polar surface area (TPSA) is 99.6 Å². The Bertz CT molecular complexity index is 1810. The molecule has 0 amide bonds. The van der Waals surface area contributed by atoms with Crippen LogP contribution in [-0.4, -0.2) is 20.8 Å². The number of fused-ring (bicyclic) bond motifs is 1. The summed E-state index contributed by atoms with van der Waals surface area (Å²) in [4.78, 5) is 29.5. The van der Waals surface area contributed by atoms with Crippen molar-refractivity contribution in [2.75, 3.05) is 0 Å². The predicted molar refractivity (Wildman–Crippen MR) is 161 cm³/mol. The number of nitro groups is 1. The van der Waals surface area contributed by atoms with Crippen LogP contribution in [0, 0.1) is 10.1 Å². The summed E-state index contributed by atoms with van der Waals surface area (Å²) in [6.45, 7) is 0.110. The minimum atomic E-state index is -0.521. The quantitative estimate of drug-likeness (QED) is 0.0978. The van der Waals surface area contributed by atoms with Gasteiger partial charge < -0.3 is 4.74 Å². The van der Waals surface area contributed by atoms with Gasteiger partial charge in [0.15, 0.2) is 5.82 Å². The van der Waals surface area contributed by atoms with E-state index in [1.54, 1.807) is 24.3 Å². The zero-order chi connectivity index (χ0) is 27.5. The first-order valence-electron chi connectivity index (χ1n) is 11.5. The maximum atomic E-state index is 13.4. The zero-order valence-electron chi connectivity index (χ0n) is 19.9. The summed E-state index contributed by atoms with van der Waals surface area (Å²) in [6.07, 6.45) is 1.39. The van der Waals surface area contributed by atoms with Crippen molar-refractivity contribution in [2.24, 2.45) is 5.10 Å². The highest BCUT2D eigenvalue weighted by Crippen LogP contribution is 2.37. The molecule has 0 atom stereocenters. The van der Waals surface area contributed by atoms with Gasteiger partial charge in [-0.05, 0) is 46.3 Å². The molecule has 0 saturated heterocycles. The van der Waals surface area contributed by atoms with Crippen LogP contribution < -0.4 is 10.3 Å². The van der Waals surface area contributed by atoms with Gasteiger partial charge in [-0.3, -0.25) is 14.9 Å². The van der Waals surface area contributed by atoms with E-state index >= 15 is 0 Å². The number of benzene rings is 4. The van der Waals surface area contributed by atoms with E-state index in [0.29, 0.717) is 32.3 Å². The van der Waals surface area contributed by atoms with Crippen LogP contribution >= 0.6 is 47.8 Å². The Hall–Kier alpha value is -3.67. The molecule has 39 heavy (non-hydrogen) atoms. The van der Waals surface area contributed by atoms with Crippen LogP contribution in [0.25, 0.3) is 22.3 Å². The highest BCUT2D eigenvalue weighted by atomic mass is 79.9. The van der Waals surface area contributed by atoms with E-state index in [4.69, 9.17) is 4.74 Å². The predicted octanol–water partition coefficient (Wildman–Crippen LogP) is 7.72. The van der Waals surface area contributed by atoms with Gasteiger partial charge in [0.25, 0.3) is 5.56 Å². The van der Waals surface area contributed by atoms with E-state index in [2.05, 4.69) is 57.9 Å². The third-order valence-corrected chi connectivity index (χ3v) is 7.56. The number of aromatic nitrogens is 2. The molecular formula is C28H17Br3N4O4. The number of hydrogen-bond donors (Lipinski definition) is 0. The number of hydrogen-bond acceptors (Lipinski definition) is 6. The first-order valence-corrected chi connectivity index (χ1v) is 13.9. The number of ether oxygens (including phenoxy) is 1. The van der Waals surface area contributed by atoms with Crippen molar-refractivity contribution in [1.29, 1.82) is 0 Å². The Morgan fingerprint density at radius 3 is 2.44 bits per heavy atom.